The van der Waals surface area contributed by atoms with E-state index in [-0.39, 0.29) is 11.2 Å². The molecule has 0 radical (unpaired) electrons. The van der Waals surface area contributed by atoms with Crippen molar-refractivity contribution in [2.45, 2.75) is 32.1 Å². The molecule has 0 atom stereocenters. The number of hydrogen-bond acceptors (Lipinski definition) is 4. The number of nitrogens with zero attached hydrogens (tertiary/aromatic N) is 1. The largest absolute Gasteiger partial charge is 0.491 e. The standard InChI is InChI=1S/C13H19BrN2O3S/c14-11-6-12(8-16-7-11)19-9-13(10-20(15,17)18)4-2-1-3-5-13/h6-8H,1-5,9-10H2,(H2,15,17,18). The molecule has 1 heterocycles. The molecule has 0 spiro atoms. The van der Waals surface area contributed by atoms with E-state index in [2.05, 4.69) is 20.9 Å². The van der Waals surface area contributed by atoms with Crippen LogP contribution in [0.25, 0.3) is 0 Å². The van der Waals surface area contributed by atoms with Crippen LogP contribution in [0.4, 0.5) is 0 Å². The average molecular weight is 363 g/mol. The molecule has 2 N–H and O–H groups in total. The van der Waals surface area contributed by atoms with Crippen molar-refractivity contribution in [1.29, 1.82) is 0 Å². The maximum Gasteiger partial charge on any atom is 0.209 e. The summed E-state index contributed by atoms with van der Waals surface area (Å²) in [5.74, 6) is 0.625. The summed E-state index contributed by atoms with van der Waals surface area (Å²) in [6.07, 6.45) is 8.16. The van der Waals surface area contributed by atoms with Crippen LogP contribution in [0.3, 0.4) is 0 Å². The molecule has 0 saturated heterocycles. The Balaban J connectivity index is 2.08. The Labute approximate surface area is 128 Å². The molecule has 7 heteroatoms. The molecule has 0 amide bonds. The Morgan fingerprint density at radius 3 is 2.60 bits per heavy atom. The van der Waals surface area contributed by atoms with Gasteiger partial charge in [-0.2, -0.15) is 0 Å². The van der Waals surface area contributed by atoms with E-state index in [1.807, 2.05) is 6.07 Å². The van der Waals surface area contributed by atoms with Gasteiger partial charge in [0.15, 0.2) is 0 Å². The number of aromatic nitrogens is 1. The second-order valence-electron chi connectivity index (χ2n) is 5.50. The highest BCUT2D eigenvalue weighted by Gasteiger charge is 2.36. The van der Waals surface area contributed by atoms with E-state index in [0.29, 0.717) is 12.4 Å². The normalized spacial score (nSPS) is 18.7. The van der Waals surface area contributed by atoms with Crippen LogP contribution < -0.4 is 9.88 Å². The molecule has 1 aromatic rings. The summed E-state index contributed by atoms with van der Waals surface area (Å²) in [6, 6.07) is 1.82. The first-order valence-electron chi connectivity index (χ1n) is 6.62. The lowest BCUT2D eigenvalue weighted by Gasteiger charge is -2.36. The highest BCUT2D eigenvalue weighted by molar-refractivity contribution is 9.10. The van der Waals surface area contributed by atoms with Gasteiger partial charge < -0.3 is 4.74 Å². The fourth-order valence-electron chi connectivity index (χ4n) is 2.77. The van der Waals surface area contributed by atoms with Crippen molar-refractivity contribution in [3.05, 3.63) is 22.9 Å². The molecule has 1 aromatic heterocycles. The highest BCUT2D eigenvalue weighted by Crippen LogP contribution is 2.37. The minimum atomic E-state index is -3.50. The van der Waals surface area contributed by atoms with Crippen LogP contribution in [-0.4, -0.2) is 25.8 Å². The van der Waals surface area contributed by atoms with E-state index in [0.717, 1.165) is 36.6 Å². The number of primary sulfonamides is 1. The second kappa shape index (κ2) is 6.41. The highest BCUT2D eigenvalue weighted by atomic mass is 79.9. The molecule has 1 aliphatic carbocycles. The molecule has 0 aliphatic heterocycles. The maximum absolute atomic E-state index is 11.5. The molecule has 0 unspecified atom stereocenters. The van der Waals surface area contributed by atoms with Crippen LogP contribution in [-0.2, 0) is 10.0 Å². The van der Waals surface area contributed by atoms with E-state index in [4.69, 9.17) is 9.88 Å². The first kappa shape index (κ1) is 15.7. The van der Waals surface area contributed by atoms with Gasteiger partial charge in [0.05, 0.1) is 18.6 Å². The van der Waals surface area contributed by atoms with E-state index in [9.17, 15) is 8.42 Å². The first-order valence-corrected chi connectivity index (χ1v) is 9.13. The van der Waals surface area contributed by atoms with Crippen molar-refractivity contribution in [3.8, 4) is 5.75 Å². The van der Waals surface area contributed by atoms with Crippen molar-refractivity contribution in [2.75, 3.05) is 12.4 Å². The minimum Gasteiger partial charge on any atom is -0.491 e. The van der Waals surface area contributed by atoms with Crippen LogP contribution in [0.5, 0.6) is 5.75 Å². The number of ether oxygens (including phenoxy) is 1. The van der Waals surface area contributed by atoms with Gasteiger partial charge in [-0.15, -0.1) is 0 Å². The Morgan fingerprint density at radius 1 is 1.30 bits per heavy atom. The molecule has 1 aliphatic rings. The summed E-state index contributed by atoms with van der Waals surface area (Å²) in [5, 5.41) is 5.24. The fourth-order valence-corrected chi connectivity index (χ4v) is 4.34. The Kier molecular flexibility index (Phi) is 5.04. The summed E-state index contributed by atoms with van der Waals surface area (Å²) < 4.78 is 29.5. The molecular formula is C13H19BrN2O3S. The molecule has 0 bridgehead atoms. The zero-order valence-electron chi connectivity index (χ0n) is 11.2. The number of nitrogens with two attached hydrogens (primary N) is 1. The fraction of sp³-hybridized carbons (Fsp3) is 0.615. The van der Waals surface area contributed by atoms with Gasteiger partial charge in [0.25, 0.3) is 0 Å². The number of hydrogen-bond donors (Lipinski definition) is 1. The molecule has 1 fully saturated rings. The summed E-state index contributed by atoms with van der Waals surface area (Å²) in [5.41, 5.74) is -0.367. The van der Waals surface area contributed by atoms with Crippen LogP contribution >= 0.6 is 15.9 Å². The lowest BCUT2D eigenvalue weighted by molar-refractivity contribution is 0.118. The Morgan fingerprint density at radius 2 is 2.00 bits per heavy atom. The number of halogens is 1. The van der Waals surface area contributed by atoms with Gasteiger partial charge in [-0.05, 0) is 34.8 Å². The topological polar surface area (TPSA) is 82.3 Å². The van der Waals surface area contributed by atoms with E-state index >= 15 is 0 Å². The maximum atomic E-state index is 11.5. The van der Waals surface area contributed by atoms with Crippen molar-refractivity contribution in [1.82, 2.24) is 4.98 Å². The van der Waals surface area contributed by atoms with Crippen molar-refractivity contribution < 1.29 is 13.2 Å². The smallest absolute Gasteiger partial charge is 0.209 e. The zero-order chi connectivity index (χ0) is 14.6. The predicted octanol–water partition coefficient (Wildman–Crippen LogP) is 2.46. The lowest BCUT2D eigenvalue weighted by Crippen LogP contribution is -2.40. The molecule has 1 saturated carbocycles. The third-order valence-corrected chi connectivity index (χ3v) is 5.09. The van der Waals surface area contributed by atoms with Gasteiger partial charge in [0.2, 0.25) is 10.0 Å². The molecule has 20 heavy (non-hydrogen) atoms. The average Bonchev–Trinajstić information content (AvgIpc) is 2.36. The Bertz CT molecular complexity index is 556. The molecule has 0 aromatic carbocycles. The van der Waals surface area contributed by atoms with Crippen LogP contribution in [0.15, 0.2) is 22.9 Å². The van der Waals surface area contributed by atoms with E-state index in [1.165, 1.54) is 0 Å². The van der Waals surface area contributed by atoms with Crippen molar-refractivity contribution >= 4 is 26.0 Å². The number of rotatable bonds is 5. The molecule has 112 valence electrons. The van der Waals surface area contributed by atoms with Crippen LogP contribution in [0, 0.1) is 5.41 Å². The van der Waals surface area contributed by atoms with Crippen LogP contribution in [0.1, 0.15) is 32.1 Å². The lowest BCUT2D eigenvalue weighted by atomic mass is 9.76. The van der Waals surface area contributed by atoms with Crippen LogP contribution in [0.2, 0.25) is 0 Å². The van der Waals surface area contributed by atoms with Crippen molar-refractivity contribution in [3.63, 3.8) is 0 Å². The SMILES string of the molecule is NS(=O)(=O)CC1(COc2cncc(Br)c2)CCCCC1. The molecule has 2 rings (SSSR count). The van der Waals surface area contributed by atoms with Gasteiger partial charge in [-0.3, -0.25) is 4.98 Å². The summed E-state index contributed by atoms with van der Waals surface area (Å²) in [6.45, 7) is 0.363. The third-order valence-electron chi connectivity index (χ3n) is 3.65. The van der Waals surface area contributed by atoms with Gasteiger partial charge in [-0.1, -0.05) is 19.3 Å². The van der Waals surface area contributed by atoms with Gasteiger partial charge in [0.1, 0.15) is 5.75 Å². The number of sulfonamides is 1. The van der Waals surface area contributed by atoms with Gasteiger partial charge >= 0.3 is 0 Å². The number of pyridine rings is 1. The predicted molar refractivity (Wildman–Crippen MR) is 80.9 cm³/mol. The quantitative estimate of drug-likeness (QED) is 0.871. The summed E-state index contributed by atoms with van der Waals surface area (Å²) in [7, 11) is -3.50. The third kappa shape index (κ3) is 4.71. The Hall–Kier alpha value is -0.660. The second-order valence-corrected chi connectivity index (χ2v) is 8.03. The first-order chi connectivity index (χ1) is 9.39. The van der Waals surface area contributed by atoms with E-state index < -0.39 is 10.0 Å². The summed E-state index contributed by atoms with van der Waals surface area (Å²) >= 11 is 3.33. The molecule has 5 nitrogen and oxygen atoms in total. The zero-order valence-corrected chi connectivity index (χ0v) is 13.6. The minimum absolute atomic E-state index is 0.0125. The van der Waals surface area contributed by atoms with Gasteiger partial charge in [0, 0.05) is 16.1 Å². The molecular weight excluding hydrogens is 344 g/mol. The summed E-state index contributed by atoms with van der Waals surface area (Å²) in [4.78, 5) is 4.03. The van der Waals surface area contributed by atoms with E-state index in [1.54, 1.807) is 12.4 Å². The van der Waals surface area contributed by atoms with Gasteiger partial charge in [-0.25, -0.2) is 13.6 Å². The monoisotopic (exact) mass is 362 g/mol. The van der Waals surface area contributed by atoms with Crippen molar-refractivity contribution in [2.24, 2.45) is 10.6 Å².